The highest BCUT2D eigenvalue weighted by Gasteiger charge is 2.32. The van der Waals surface area contributed by atoms with E-state index in [2.05, 4.69) is 5.32 Å². The molecule has 0 bridgehead atoms. The largest absolute Gasteiger partial charge is 0.496 e. The average Bonchev–Trinajstić information content (AvgIpc) is 3.47. The van der Waals surface area contributed by atoms with E-state index >= 15 is 0 Å². The summed E-state index contributed by atoms with van der Waals surface area (Å²) in [6.45, 7) is 6.22. The van der Waals surface area contributed by atoms with Crippen molar-refractivity contribution in [2.75, 3.05) is 13.7 Å². The van der Waals surface area contributed by atoms with E-state index in [0.717, 1.165) is 22.3 Å². The van der Waals surface area contributed by atoms with E-state index in [9.17, 15) is 19.5 Å². The number of nitrogens with two attached hydrogens (primary N) is 2. The van der Waals surface area contributed by atoms with Gasteiger partial charge in [0.05, 0.1) is 31.8 Å². The minimum Gasteiger partial charge on any atom is -0.496 e. The number of carbonyl (C=O) groups excluding carboxylic acids is 2. The lowest BCUT2D eigenvalue weighted by Crippen LogP contribution is -2.52. The third kappa shape index (κ3) is 6.60. The predicted molar refractivity (Wildman–Crippen MR) is 161 cm³/mol. The second-order valence-electron chi connectivity index (χ2n) is 10.6. The van der Waals surface area contributed by atoms with E-state index in [4.69, 9.17) is 21.2 Å². The van der Waals surface area contributed by atoms with Gasteiger partial charge in [0, 0.05) is 12.1 Å². The number of aryl methyl sites for hydroxylation is 2. The maximum Gasteiger partial charge on any atom is 0.339 e. The normalized spacial score (nSPS) is 15.7. The fourth-order valence-corrected chi connectivity index (χ4v) is 5.33. The zero-order valence-electron chi connectivity index (χ0n) is 24.3. The summed E-state index contributed by atoms with van der Waals surface area (Å²) in [5, 5.41) is 13.2. The number of hydrogen-bond donors (Lipinski definition) is 4. The number of carbonyl (C=O) groups is 3. The van der Waals surface area contributed by atoms with Crippen LogP contribution in [-0.4, -0.2) is 59.4 Å². The topological polar surface area (TPSA) is 160 Å². The van der Waals surface area contributed by atoms with Crippen molar-refractivity contribution in [3.05, 3.63) is 99.6 Å². The standard InChI is InChI=1S/C32H37N5O5/c1-18-12-23(29(34)38)13-19(2)24(18)15-26(33)31(39)37(17-21-10-11-28(42-4)25(14-21)32(40)41)20(3)30-35-16-27(36-30)22-8-6-5-7-9-22/h5-14,20,26-27H,15-17,33H2,1-4H3,(H2,34,38)(H,35,36)(H,40,41)/t20-,26-,27?/m0/s1. The van der Waals surface area contributed by atoms with Crippen molar-refractivity contribution in [2.24, 2.45) is 16.5 Å². The van der Waals surface area contributed by atoms with Crippen LogP contribution < -0.4 is 21.5 Å². The van der Waals surface area contributed by atoms with Gasteiger partial charge >= 0.3 is 5.97 Å². The molecule has 0 saturated heterocycles. The molecule has 1 heterocycles. The number of nitrogens with zero attached hydrogens (tertiary/aromatic N) is 2. The number of benzene rings is 3. The van der Waals surface area contributed by atoms with E-state index in [0.29, 0.717) is 23.5 Å². The molecular formula is C32H37N5O5. The summed E-state index contributed by atoms with van der Waals surface area (Å²) in [7, 11) is 1.41. The number of primary amides is 1. The summed E-state index contributed by atoms with van der Waals surface area (Å²) in [4.78, 5) is 44.0. The number of carboxylic acids is 1. The molecule has 0 saturated carbocycles. The molecule has 0 fully saturated rings. The molecule has 10 heteroatoms. The van der Waals surface area contributed by atoms with E-state index in [1.165, 1.54) is 13.2 Å². The number of amides is 2. The van der Waals surface area contributed by atoms with Crippen LogP contribution in [0, 0.1) is 13.8 Å². The zero-order chi connectivity index (χ0) is 30.6. The highest BCUT2D eigenvalue weighted by molar-refractivity contribution is 5.95. The fraction of sp³-hybridized carbons (Fsp3) is 0.312. The summed E-state index contributed by atoms with van der Waals surface area (Å²) < 4.78 is 5.21. The molecule has 42 heavy (non-hydrogen) atoms. The van der Waals surface area contributed by atoms with Crippen LogP contribution in [0.5, 0.6) is 5.75 Å². The molecule has 0 spiro atoms. The SMILES string of the molecule is COc1ccc(CN(C(=O)[C@@H](N)Cc2c(C)cc(C(N)=O)cc2C)[C@@H](C)C2=NCC(c3ccccc3)N2)cc1C(=O)O. The minimum absolute atomic E-state index is 0.000569. The first-order chi connectivity index (χ1) is 20.0. The van der Waals surface area contributed by atoms with Crippen molar-refractivity contribution in [1.29, 1.82) is 0 Å². The summed E-state index contributed by atoms with van der Waals surface area (Å²) in [5.74, 6) is -1.09. The van der Waals surface area contributed by atoms with Crippen LogP contribution in [-0.2, 0) is 17.8 Å². The lowest BCUT2D eigenvalue weighted by atomic mass is 9.93. The molecule has 3 aromatic carbocycles. The van der Waals surface area contributed by atoms with Gasteiger partial charge in [0.1, 0.15) is 17.1 Å². The molecule has 1 unspecified atom stereocenters. The van der Waals surface area contributed by atoms with Crippen LogP contribution in [0.4, 0.5) is 0 Å². The predicted octanol–water partition coefficient (Wildman–Crippen LogP) is 3.14. The Bertz CT molecular complexity index is 1500. The van der Waals surface area contributed by atoms with E-state index in [1.54, 1.807) is 29.2 Å². The van der Waals surface area contributed by atoms with Gasteiger partial charge in [0.2, 0.25) is 11.8 Å². The van der Waals surface area contributed by atoms with Gasteiger partial charge in [-0.05, 0) is 79.3 Å². The zero-order valence-corrected chi connectivity index (χ0v) is 24.3. The van der Waals surface area contributed by atoms with Gasteiger partial charge in [0.25, 0.3) is 0 Å². The van der Waals surface area contributed by atoms with Gasteiger partial charge in [0.15, 0.2) is 0 Å². The Hall–Kier alpha value is -4.70. The van der Waals surface area contributed by atoms with Gasteiger partial charge in [-0.2, -0.15) is 0 Å². The number of carboxylic acid groups (broad SMARTS) is 1. The highest BCUT2D eigenvalue weighted by atomic mass is 16.5. The Morgan fingerprint density at radius 2 is 1.76 bits per heavy atom. The van der Waals surface area contributed by atoms with Crippen LogP contribution in [0.1, 0.15) is 61.5 Å². The second kappa shape index (κ2) is 12.9. The van der Waals surface area contributed by atoms with Crippen molar-refractivity contribution >= 4 is 23.6 Å². The van der Waals surface area contributed by atoms with Crippen LogP contribution >= 0.6 is 0 Å². The Morgan fingerprint density at radius 1 is 1.10 bits per heavy atom. The first kappa shape index (κ1) is 30.3. The lowest BCUT2D eigenvalue weighted by molar-refractivity contribution is -0.134. The number of aromatic carboxylic acids is 1. The van der Waals surface area contributed by atoms with Crippen LogP contribution in [0.25, 0.3) is 0 Å². The summed E-state index contributed by atoms with van der Waals surface area (Å²) >= 11 is 0. The van der Waals surface area contributed by atoms with Crippen LogP contribution in [0.3, 0.4) is 0 Å². The molecule has 220 valence electrons. The molecule has 1 aliphatic rings. The molecule has 10 nitrogen and oxygen atoms in total. The smallest absolute Gasteiger partial charge is 0.339 e. The molecule has 3 atom stereocenters. The Kier molecular flexibility index (Phi) is 9.27. The van der Waals surface area contributed by atoms with Gasteiger partial charge < -0.3 is 31.5 Å². The summed E-state index contributed by atoms with van der Waals surface area (Å²) in [5.41, 5.74) is 16.6. The number of amidine groups is 1. The second-order valence-corrected chi connectivity index (χ2v) is 10.6. The molecule has 0 aliphatic carbocycles. The molecular weight excluding hydrogens is 534 g/mol. The van der Waals surface area contributed by atoms with Crippen molar-refractivity contribution < 1.29 is 24.2 Å². The Labute approximate surface area is 245 Å². The molecule has 0 aromatic heterocycles. The van der Waals surface area contributed by atoms with Gasteiger partial charge in [-0.15, -0.1) is 0 Å². The quantitative estimate of drug-likeness (QED) is 0.275. The van der Waals surface area contributed by atoms with Gasteiger partial charge in [-0.25, -0.2) is 4.79 Å². The maximum absolute atomic E-state index is 14.0. The third-order valence-corrected chi connectivity index (χ3v) is 7.68. The molecule has 1 aliphatic heterocycles. The Balaban J connectivity index is 1.63. The molecule has 6 N–H and O–H groups in total. The number of nitrogens with one attached hydrogen (secondary N) is 1. The number of rotatable bonds is 11. The summed E-state index contributed by atoms with van der Waals surface area (Å²) in [6, 6.07) is 16.8. The van der Waals surface area contributed by atoms with Crippen molar-refractivity contribution in [3.63, 3.8) is 0 Å². The van der Waals surface area contributed by atoms with E-state index < -0.39 is 24.0 Å². The third-order valence-electron chi connectivity index (χ3n) is 7.68. The first-order valence-corrected chi connectivity index (χ1v) is 13.7. The maximum atomic E-state index is 14.0. The lowest BCUT2D eigenvalue weighted by Gasteiger charge is -2.32. The van der Waals surface area contributed by atoms with E-state index in [1.807, 2.05) is 51.1 Å². The van der Waals surface area contributed by atoms with Crippen LogP contribution in [0.15, 0.2) is 65.7 Å². The van der Waals surface area contributed by atoms with Crippen LogP contribution in [0.2, 0.25) is 0 Å². The molecule has 0 radical (unpaired) electrons. The number of hydrogen-bond acceptors (Lipinski definition) is 7. The fourth-order valence-electron chi connectivity index (χ4n) is 5.33. The molecule has 2 amide bonds. The van der Waals surface area contributed by atoms with Gasteiger partial charge in [-0.3, -0.25) is 14.6 Å². The molecule has 4 rings (SSSR count). The first-order valence-electron chi connectivity index (χ1n) is 13.7. The minimum atomic E-state index is -1.13. The monoisotopic (exact) mass is 571 g/mol. The highest BCUT2D eigenvalue weighted by Crippen LogP contribution is 2.25. The number of methoxy groups -OCH3 is 1. The number of aliphatic imine (C=N–C) groups is 1. The Morgan fingerprint density at radius 3 is 2.36 bits per heavy atom. The van der Waals surface area contributed by atoms with E-state index in [-0.39, 0.29) is 36.2 Å². The van der Waals surface area contributed by atoms with Crippen molar-refractivity contribution in [3.8, 4) is 5.75 Å². The van der Waals surface area contributed by atoms with Crippen molar-refractivity contribution in [2.45, 2.75) is 51.9 Å². The number of ether oxygens (including phenoxy) is 1. The average molecular weight is 572 g/mol. The summed E-state index contributed by atoms with van der Waals surface area (Å²) in [6.07, 6.45) is 0.244. The van der Waals surface area contributed by atoms with Crippen molar-refractivity contribution in [1.82, 2.24) is 10.2 Å². The molecule has 3 aromatic rings. The van der Waals surface area contributed by atoms with Gasteiger partial charge in [-0.1, -0.05) is 36.4 Å².